The summed E-state index contributed by atoms with van der Waals surface area (Å²) in [6, 6.07) is 17.0. The Morgan fingerprint density at radius 3 is 1.89 bits per heavy atom. The molecule has 2 unspecified atom stereocenters. The molecule has 2 aliphatic rings. The highest BCUT2D eigenvalue weighted by Crippen LogP contribution is 2.49. The summed E-state index contributed by atoms with van der Waals surface area (Å²) >= 11 is 0. The Bertz CT molecular complexity index is 3230. The van der Waals surface area contributed by atoms with Crippen molar-refractivity contribution in [1.82, 2.24) is 0 Å². The second-order valence-electron chi connectivity index (χ2n) is 16.8. The summed E-state index contributed by atoms with van der Waals surface area (Å²) < 4.78 is 73.5. The monoisotopic (exact) mass is 858 g/mol. The van der Waals surface area contributed by atoms with Crippen molar-refractivity contribution in [2.75, 3.05) is 19.8 Å². The van der Waals surface area contributed by atoms with Crippen LogP contribution in [0.2, 0.25) is 0 Å². The molecule has 5 aromatic heterocycles. The molecule has 15 heteroatoms. The van der Waals surface area contributed by atoms with E-state index < -0.39 is 46.7 Å². The zero-order valence-corrected chi connectivity index (χ0v) is 34.9. The fourth-order valence-corrected chi connectivity index (χ4v) is 7.84. The van der Waals surface area contributed by atoms with Gasteiger partial charge in [0.25, 0.3) is 0 Å². The van der Waals surface area contributed by atoms with Gasteiger partial charge in [0.1, 0.15) is 38.1 Å². The van der Waals surface area contributed by atoms with Crippen LogP contribution in [-0.4, -0.2) is 60.4 Å². The highest BCUT2D eigenvalue weighted by molar-refractivity contribution is 6.01. The summed E-state index contributed by atoms with van der Waals surface area (Å²) in [5.41, 5.74) is -0.287. The van der Waals surface area contributed by atoms with Gasteiger partial charge in [0.2, 0.25) is 17.2 Å². The number of hydrogen-bond donors (Lipinski definition) is 1. The minimum atomic E-state index is -1.71. The lowest BCUT2D eigenvalue weighted by atomic mass is 10.0. The summed E-state index contributed by atoms with van der Waals surface area (Å²) in [6.45, 7) is 12.7. The molecule has 10 rings (SSSR count). The van der Waals surface area contributed by atoms with Crippen LogP contribution in [0.4, 0.5) is 0 Å². The largest absolute Gasteiger partial charge is 0.483 e. The predicted octanol–water partition coefficient (Wildman–Crippen LogP) is 9.03. The van der Waals surface area contributed by atoms with E-state index in [-0.39, 0.29) is 54.0 Å². The van der Waals surface area contributed by atoms with Crippen molar-refractivity contribution in [3.63, 3.8) is 0 Å². The van der Waals surface area contributed by atoms with E-state index in [2.05, 4.69) is 6.58 Å². The number of furan rings is 3. The Morgan fingerprint density at radius 1 is 0.746 bits per heavy atom. The number of aliphatic hydroxyl groups is 1. The maximum absolute atomic E-state index is 12.2. The maximum Gasteiger partial charge on any atom is 0.350 e. The van der Waals surface area contributed by atoms with Crippen LogP contribution in [0, 0.1) is 0 Å². The molecule has 1 N–H and O–H groups in total. The Hall–Kier alpha value is -6.78. The van der Waals surface area contributed by atoms with E-state index in [1.54, 1.807) is 57.2 Å². The molecule has 0 radical (unpaired) electrons. The number of rotatable bonds is 13. The molecule has 2 aliphatic heterocycles. The van der Waals surface area contributed by atoms with Gasteiger partial charge in [0, 0.05) is 50.7 Å². The molecule has 324 valence electrons. The number of ether oxygens (including phenoxy) is 7. The highest BCUT2D eigenvalue weighted by Gasteiger charge is 2.55. The first-order valence-corrected chi connectivity index (χ1v) is 20.3. The van der Waals surface area contributed by atoms with Crippen LogP contribution in [0.25, 0.3) is 60.9 Å². The second kappa shape index (κ2) is 14.9. The SMILES string of the molecule is C=C(C)C(COc1c2occc2cc2ccc(=O)oc12)OC(C)(C)C(O)COc1c2c(cc3ccoc13)C=C[C@]1(O2)O[C@H](COc2c3occc3cc3ccc(=O)oc23)C(C)(C)O1. The quantitative estimate of drug-likeness (QED) is 0.0855. The molecule has 3 aromatic carbocycles. The van der Waals surface area contributed by atoms with Crippen molar-refractivity contribution >= 4 is 60.9 Å². The molecular formula is C48H42O15. The predicted molar refractivity (Wildman–Crippen MR) is 229 cm³/mol. The van der Waals surface area contributed by atoms with Crippen molar-refractivity contribution in [3.05, 3.63) is 124 Å². The third-order valence-electron chi connectivity index (χ3n) is 11.4. The number of benzene rings is 3. The zero-order valence-electron chi connectivity index (χ0n) is 34.9. The van der Waals surface area contributed by atoms with Gasteiger partial charge in [0.15, 0.2) is 33.7 Å². The molecule has 0 amide bonds. The summed E-state index contributed by atoms with van der Waals surface area (Å²) in [4.78, 5) is 24.4. The van der Waals surface area contributed by atoms with E-state index in [4.69, 9.17) is 55.2 Å². The van der Waals surface area contributed by atoms with Crippen molar-refractivity contribution in [2.45, 2.75) is 70.1 Å². The summed E-state index contributed by atoms with van der Waals surface area (Å²) in [5.74, 6) is -0.735. The smallest absolute Gasteiger partial charge is 0.350 e. The molecule has 4 atom stereocenters. The number of fused-ring (bicyclic) bond motifs is 6. The maximum atomic E-state index is 12.2. The lowest BCUT2D eigenvalue weighted by Crippen LogP contribution is -2.46. The standard InChI is InChI=1S/C48H42O15/c1-25(2)32(22-55-43-37-29(12-16-52-37)19-26-7-9-35(50)58-40(26)43)60-46(3,4)33(49)23-56-45-39-31(14-18-54-39)21-28-11-15-48(62-42(28)45)61-34(47(5,6)63-48)24-57-44-38-30(13-17-53-38)20-27-8-10-36(51)59-41(27)44/h7-21,32-34,49H,1,22-24H2,2-6H3/t32?,33?,34-,48-/m1/s1. The van der Waals surface area contributed by atoms with E-state index in [1.165, 1.54) is 30.9 Å². The Morgan fingerprint density at radius 2 is 1.29 bits per heavy atom. The molecule has 0 saturated carbocycles. The summed E-state index contributed by atoms with van der Waals surface area (Å²) in [7, 11) is 0. The number of hydrogen-bond acceptors (Lipinski definition) is 15. The van der Waals surface area contributed by atoms with E-state index in [1.807, 2.05) is 38.1 Å². The van der Waals surface area contributed by atoms with Crippen LogP contribution in [0.1, 0.15) is 40.2 Å². The molecule has 0 bridgehead atoms. The van der Waals surface area contributed by atoms with E-state index in [0.717, 1.165) is 16.2 Å². The van der Waals surface area contributed by atoms with Crippen molar-refractivity contribution in [2.24, 2.45) is 0 Å². The van der Waals surface area contributed by atoms with Gasteiger partial charge in [-0.05, 0) is 94.8 Å². The topological polar surface area (TPSA) is 185 Å². The van der Waals surface area contributed by atoms with Gasteiger partial charge >= 0.3 is 17.2 Å². The van der Waals surface area contributed by atoms with E-state index in [0.29, 0.717) is 38.7 Å². The molecule has 1 saturated heterocycles. The van der Waals surface area contributed by atoms with Crippen molar-refractivity contribution in [1.29, 1.82) is 0 Å². The van der Waals surface area contributed by atoms with E-state index in [9.17, 15) is 14.7 Å². The average Bonchev–Trinajstić information content (AvgIpc) is 4.06. The Balaban J connectivity index is 0.863. The molecule has 63 heavy (non-hydrogen) atoms. The molecular weight excluding hydrogens is 817 g/mol. The molecule has 1 spiro atoms. The lowest BCUT2D eigenvalue weighted by molar-refractivity contribution is -0.271. The van der Waals surface area contributed by atoms with Crippen LogP contribution in [0.5, 0.6) is 23.0 Å². The molecule has 7 heterocycles. The molecule has 1 fully saturated rings. The number of aliphatic hydroxyl groups excluding tert-OH is 1. The second-order valence-corrected chi connectivity index (χ2v) is 16.8. The first-order valence-electron chi connectivity index (χ1n) is 20.3. The molecule has 15 nitrogen and oxygen atoms in total. The highest BCUT2D eigenvalue weighted by atomic mass is 16.9. The van der Waals surface area contributed by atoms with Gasteiger partial charge in [-0.15, -0.1) is 0 Å². The Kier molecular flexibility index (Phi) is 9.56. The fraction of sp³-hybridized carbons (Fsp3) is 0.292. The summed E-state index contributed by atoms with van der Waals surface area (Å²) in [6.07, 6.45) is 5.44. The fourth-order valence-electron chi connectivity index (χ4n) is 7.84. The van der Waals surface area contributed by atoms with Gasteiger partial charge in [-0.2, -0.15) is 0 Å². The normalized spacial score (nSPS) is 19.2. The lowest BCUT2D eigenvalue weighted by Gasteiger charge is -2.35. The van der Waals surface area contributed by atoms with Crippen LogP contribution < -0.4 is 30.2 Å². The van der Waals surface area contributed by atoms with Crippen LogP contribution >= 0.6 is 0 Å². The van der Waals surface area contributed by atoms with E-state index >= 15 is 0 Å². The average molecular weight is 859 g/mol. The van der Waals surface area contributed by atoms with Gasteiger partial charge < -0.3 is 60.4 Å². The van der Waals surface area contributed by atoms with Crippen LogP contribution in [0.15, 0.2) is 129 Å². The van der Waals surface area contributed by atoms with Gasteiger partial charge in [-0.25, -0.2) is 9.59 Å². The zero-order chi connectivity index (χ0) is 43.8. The first kappa shape index (κ1) is 40.3. The summed E-state index contributed by atoms with van der Waals surface area (Å²) in [5, 5.41) is 15.3. The first-order chi connectivity index (χ1) is 30.2. The van der Waals surface area contributed by atoms with Gasteiger partial charge in [-0.3, -0.25) is 0 Å². The minimum absolute atomic E-state index is 0.0318. The molecule has 8 aromatic rings. The van der Waals surface area contributed by atoms with Crippen molar-refractivity contribution < 1.29 is 60.4 Å². The van der Waals surface area contributed by atoms with Gasteiger partial charge in [-0.1, -0.05) is 6.58 Å². The van der Waals surface area contributed by atoms with Crippen LogP contribution in [0.3, 0.4) is 0 Å². The van der Waals surface area contributed by atoms with Crippen LogP contribution in [-0.2, 0) is 14.2 Å². The van der Waals surface area contributed by atoms with Gasteiger partial charge in [0.05, 0.1) is 30.0 Å². The third kappa shape index (κ3) is 7.22. The Labute approximate surface area is 357 Å². The van der Waals surface area contributed by atoms with Crippen molar-refractivity contribution in [3.8, 4) is 23.0 Å². The molecule has 0 aliphatic carbocycles. The minimum Gasteiger partial charge on any atom is -0.483 e. The third-order valence-corrected chi connectivity index (χ3v) is 11.4.